The minimum Gasteiger partial charge on any atom is -0.279 e. The molecule has 0 fully saturated rings. The summed E-state index contributed by atoms with van der Waals surface area (Å²) in [6, 6.07) is 10.3. The lowest BCUT2D eigenvalue weighted by Crippen LogP contribution is -1.92. The van der Waals surface area contributed by atoms with Gasteiger partial charge < -0.3 is 0 Å². The molecule has 1 heterocycles. The summed E-state index contributed by atoms with van der Waals surface area (Å²) in [5, 5.41) is 2.02. The van der Waals surface area contributed by atoms with Crippen molar-refractivity contribution in [2.45, 2.75) is 20.8 Å². The van der Waals surface area contributed by atoms with Crippen molar-refractivity contribution in [3.8, 4) is 0 Å². The third-order valence-corrected chi connectivity index (χ3v) is 3.59. The molecule has 0 unspecified atom stereocenters. The first-order chi connectivity index (χ1) is 10.2. The van der Waals surface area contributed by atoms with Crippen molar-refractivity contribution in [3.05, 3.63) is 58.3 Å². The van der Waals surface area contributed by atoms with Crippen LogP contribution in [-0.4, -0.2) is 7.11 Å². The van der Waals surface area contributed by atoms with Gasteiger partial charge in [-0.15, -0.1) is 11.3 Å². The van der Waals surface area contributed by atoms with Gasteiger partial charge in [0, 0.05) is 10.3 Å². The number of benzene rings is 1. The Morgan fingerprint density at radius 2 is 1.95 bits per heavy atom. The van der Waals surface area contributed by atoms with E-state index in [0.29, 0.717) is 0 Å². The summed E-state index contributed by atoms with van der Waals surface area (Å²) in [7, 11) is 1.61. The van der Waals surface area contributed by atoms with Gasteiger partial charge in [0.1, 0.15) is 0 Å². The van der Waals surface area contributed by atoms with Gasteiger partial charge in [0.2, 0.25) is 0 Å². The average molecular weight is 301 g/mol. The van der Waals surface area contributed by atoms with Gasteiger partial charge in [-0.3, -0.25) is 10.3 Å². The molecule has 3 heteroatoms. The molecule has 0 amide bonds. The molecule has 1 N–H and O–H groups in total. The standard InChI is InChI=1S/C16H17NOS.C2H6/c1-12(2)16-7-5-4-6-13(16)8-9-15-10-14(11-19-15)17-18-3;1-2/h4-11,17H,1H2,2-3H3;1-2H3/b9-8+;. The van der Waals surface area contributed by atoms with E-state index in [0.717, 1.165) is 11.3 Å². The van der Waals surface area contributed by atoms with Crippen molar-refractivity contribution in [3.63, 3.8) is 0 Å². The van der Waals surface area contributed by atoms with E-state index in [9.17, 15) is 0 Å². The zero-order valence-corrected chi connectivity index (χ0v) is 14.0. The van der Waals surface area contributed by atoms with Crippen molar-refractivity contribution in [2.75, 3.05) is 12.6 Å². The highest BCUT2D eigenvalue weighted by atomic mass is 32.1. The van der Waals surface area contributed by atoms with Crippen molar-refractivity contribution < 1.29 is 4.84 Å². The van der Waals surface area contributed by atoms with Crippen molar-refractivity contribution in [1.82, 2.24) is 0 Å². The summed E-state index contributed by atoms with van der Waals surface area (Å²) in [5.74, 6) is 0. The quantitative estimate of drug-likeness (QED) is 0.689. The first kappa shape index (κ1) is 17.2. The maximum Gasteiger partial charge on any atom is 0.0717 e. The second-order valence-electron chi connectivity index (χ2n) is 4.24. The van der Waals surface area contributed by atoms with Gasteiger partial charge in [0.25, 0.3) is 0 Å². The van der Waals surface area contributed by atoms with Crippen LogP contribution >= 0.6 is 11.3 Å². The van der Waals surface area contributed by atoms with Gasteiger partial charge in [-0.05, 0) is 30.2 Å². The van der Waals surface area contributed by atoms with E-state index < -0.39 is 0 Å². The van der Waals surface area contributed by atoms with E-state index in [1.54, 1.807) is 18.4 Å². The molecule has 1 aromatic heterocycles. The van der Waals surface area contributed by atoms with Crippen LogP contribution in [0.1, 0.15) is 36.8 Å². The zero-order valence-electron chi connectivity index (χ0n) is 13.1. The predicted octanol–water partition coefficient (Wildman–Crippen LogP) is 5.95. The predicted molar refractivity (Wildman–Crippen MR) is 96.4 cm³/mol. The SMILES string of the molecule is C=C(C)c1ccccc1/C=C/c1cc(NOC)cs1.CC. The first-order valence-corrected chi connectivity index (χ1v) is 7.89. The Bertz CT molecular complexity index is 599. The van der Waals surface area contributed by atoms with Crippen LogP contribution in [0.2, 0.25) is 0 Å². The number of nitrogens with one attached hydrogen (secondary N) is 1. The van der Waals surface area contributed by atoms with Gasteiger partial charge in [0.05, 0.1) is 12.8 Å². The maximum atomic E-state index is 4.88. The Morgan fingerprint density at radius 3 is 2.62 bits per heavy atom. The fraction of sp³-hybridized carbons (Fsp3) is 0.222. The molecule has 2 aromatic rings. The van der Waals surface area contributed by atoms with E-state index in [2.05, 4.69) is 36.3 Å². The summed E-state index contributed by atoms with van der Waals surface area (Å²) >= 11 is 1.67. The largest absolute Gasteiger partial charge is 0.279 e. The lowest BCUT2D eigenvalue weighted by atomic mass is 10.0. The van der Waals surface area contributed by atoms with Crippen LogP contribution in [0, 0.1) is 0 Å². The third-order valence-electron chi connectivity index (χ3n) is 2.69. The summed E-state index contributed by atoms with van der Waals surface area (Å²) in [5.41, 5.74) is 7.24. The van der Waals surface area contributed by atoms with Gasteiger partial charge in [-0.25, -0.2) is 0 Å². The molecule has 0 radical (unpaired) electrons. The number of hydrogen-bond acceptors (Lipinski definition) is 3. The van der Waals surface area contributed by atoms with Crippen LogP contribution in [0.5, 0.6) is 0 Å². The lowest BCUT2D eigenvalue weighted by molar-refractivity contribution is 0.271. The highest BCUT2D eigenvalue weighted by Gasteiger charge is 1.99. The number of anilines is 1. The second-order valence-corrected chi connectivity index (χ2v) is 5.19. The molecule has 1 aromatic carbocycles. The molecule has 2 rings (SSSR count). The Hall–Kier alpha value is -1.84. The van der Waals surface area contributed by atoms with E-state index in [1.165, 1.54) is 16.0 Å². The number of thiophene rings is 1. The van der Waals surface area contributed by atoms with E-state index in [4.69, 9.17) is 4.84 Å². The molecule has 0 spiro atoms. The van der Waals surface area contributed by atoms with E-state index >= 15 is 0 Å². The van der Waals surface area contributed by atoms with Gasteiger partial charge in [0.15, 0.2) is 0 Å². The molecule has 0 aliphatic rings. The molecule has 21 heavy (non-hydrogen) atoms. The molecule has 2 nitrogen and oxygen atoms in total. The number of allylic oxidation sites excluding steroid dienone is 1. The minimum atomic E-state index is 0.973. The minimum absolute atomic E-state index is 0.973. The Labute approximate surface area is 131 Å². The van der Waals surface area contributed by atoms with Crippen LogP contribution < -0.4 is 5.48 Å². The molecule has 0 aliphatic heterocycles. The Morgan fingerprint density at radius 1 is 1.24 bits per heavy atom. The molecule has 0 saturated heterocycles. The smallest absolute Gasteiger partial charge is 0.0717 e. The van der Waals surface area contributed by atoms with Crippen molar-refractivity contribution in [1.29, 1.82) is 0 Å². The molecule has 0 atom stereocenters. The van der Waals surface area contributed by atoms with Crippen LogP contribution in [0.4, 0.5) is 5.69 Å². The second kappa shape index (κ2) is 9.16. The summed E-state index contributed by atoms with van der Waals surface area (Å²) in [4.78, 5) is 6.05. The van der Waals surface area contributed by atoms with E-state index in [-0.39, 0.29) is 0 Å². The van der Waals surface area contributed by atoms with Crippen LogP contribution in [0.15, 0.2) is 42.3 Å². The third kappa shape index (κ3) is 5.21. The fourth-order valence-electron chi connectivity index (χ4n) is 1.81. The van der Waals surface area contributed by atoms with Crippen LogP contribution in [0.25, 0.3) is 17.7 Å². The zero-order chi connectivity index (χ0) is 15.7. The van der Waals surface area contributed by atoms with Gasteiger partial charge in [-0.2, -0.15) is 0 Å². The topological polar surface area (TPSA) is 21.3 Å². The summed E-state index contributed by atoms with van der Waals surface area (Å²) in [6.07, 6.45) is 4.22. The molecule has 0 aliphatic carbocycles. The van der Waals surface area contributed by atoms with Crippen LogP contribution in [0.3, 0.4) is 0 Å². The fourth-order valence-corrected chi connectivity index (χ4v) is 2.54. The van der Waals surface area contributed by atoms with Crippen molar-refractivity contribution in [2.24, 2.45) is 0 Å². The van der Waals surface area contributed by atoms with Gasteiger partial charge in [-0.1, -0.05) is 56.3 Å². The Kier molecular flexibility index (Phi) is 7.51. The molecule has 112 valence electrons. The van der Waals surface area contributed by atoms with E-state index in [1.807, 2.05) is 44.4 Å². The highest BCUT2D eigenvalue weighted by Crippen LogP contribution is 2.23. The molecule has 0 saturated carbocycles. The number of hydrogen-bond donors (Lipinski definition) is 1. The molecular formula is C18H23NOS. The summed E-state index contributed by atoms with van der Waals surface area (Å²) in [6.45, 7) is 10.0. The molecular weight excluding hydrogens is 278 g/mol. The van der Waals surface area contributed by atoms with Gasteiger partial charge >= 0.3 is 0 Å². The maximum absolute atomic E-state index is 4.88. The summed E-state index contributed by atoms with van der Waals surface area (Å²) < 4.78 is 0. The number of rotatable bonds is 5. The Balaban J connectivity index is 0.00000106. The normalized spacial score (nSPS) is 10.1. The lowest BCUT2D eigenvalue weighted by Gasteiger charge is -2.04. The van der Waals surface area contributed by atoms with Crippen molar-refractivity contribution >= 4 is 34.7 Å². The molecule has 0 bridgehead atoms. The average Bonchev–Trinajstić information content (AvgIpc) is 2.95. The first-order valence-electron chi connectivity index (χ1n) is 7.01. The van der Waals surface area contributed by atoms with Crippen LogP contribution in [-0.2, 0) is 4.84 Å². The monoisotopic (exact) mass is 301 g/mol. The highest BCUT2D eigenvalue weighted by molar-refractivity contribution is 7.11.